The molecule has 0 fully saturated rings. The van der Waals surface area contributed by atoms with Crippen molar-refractivity contribution in [2.45, 2.75) is 39.5 Å². The third-order valence-electron chi connectivity index (χ3n) is 11.8. The average molecular weight is 721 g/mol. The molecule has 2 nitrogen and oxygen atoms in total. The van der Waals surface area contributed by atoms with E-state index in [9.17, 15) is 0 Å². The van der Waals surface area contributed by atoms with E-state index in [2.05, 4.69) is 219 Å². The van der Waals surface area contributed by atoms with Crippen molar-refractivity contribution in [3.05, 3.63) is 193 Å². The highest BCUT2D eigenvalue weighted by Crippen LogP contribution is 2.49. The van der Waals surface area contributed by atoms with Gasteiger partial charge in [0.15, 0.2) is 0 Å². The van der Waals surface area contributed by atoms with Crippen LogP contribution in [0, 0.1) is 0 Å². The maximum Gasteiger partial charge on any atom is 0.0540 e. The molecule has 0 aliphatic rings. The molecule has 0 atom stereocenters. The van der Waals surface area contributed by atoms with Crippen LogP contribution in [0.5, 0.6) is 0 Å². The molecule has 0 aliphatic carbocycles. The lowest BCUT2D eigenvalue weighted by atomic mass is 9.91. The van der Waals surface area contributed by atoms with Gasteiger partial charge in [0.05, 0.1) is 22.7 Å². The van der Waals surface area contributed by atoms with Crippen LogP contribution in [-0.2, 0) is 0 Å². The average Bonchev–Trinajstić information content (AvgIpc) is 3.24. The summed E-state index contributed by atoms with van der Waals surface area (Å²) in [6, 6.07) is 67.7. The lowest BCUT2D eigenvalue weighted by Crippen LogP contribution is -2.12. The van der Waals surface area contributed by atoms with Crippen molar-refractivity contribution in [3.63, 3.8) is 0 Å². The van der Waals surface area contributed by atoms with Gasteiger partial charge in [-0.05, 0) is 104 Å². The minimum absolute atomic E-state index is 0.459. The predicted octanol–water partition coefficient (Wildman–Crippen LogP) is 16.1. The van der Waals surface area contributed by atoms with Crippen LogP contribution in [0.3, 0.4) is 0 Å². The molecule has 270 valence electrons. The van der Waals surface area contributed by atoms with E-state index in [4.69, 9.17) is 0 Å². The molecule has 0 unspecified atom stereocenters. The third kappa shape index (κ3) is 5.56. The highest BCUT2D eigenvalue weighted by atomic mass is 15.2. The summed E-state index contributed by atoms with van der Waals surface area (Å²) in [4.78, 5) is 4.94. The van der Waals surface area contributed by atoms with E-state index in [0.717, 1.165) is 11.4 Å². The smallest absolute Gasteiger partial charge is 0.0540 e. The molecule has 0 saturated heterocycles. The van der Waals surface area contributed by atoms with Gasteiger partial charge in [-0.25, -0.2) is 0 Å². The van der Waals surface area contributed by atoms with Crippen molar-refractivity contribution < 1.29 is 0 Å². The number of benzene rings is 10. The first-order chi connectivity index (χ1) is 27.4. The normalized spacial score (nSPS) is 11.9. The number of nitrogens with zero attached hydrogens (tertiary/aromatic N) is 2. The lowest BCUT2D eigenvalue weighted by Gasteiger charge is -2.30. The molecule has 0 heterocycles. The molecule has 2 heteroatoms. The van der Waals surface area contributed by atoms with Crippen molar-refractivity contribution in [2.75, 3.05) is 9.80 Å². The van der Waals surface area contributed by atoms with Crippen molar-refractivity contribution >= 4 is 88.0 Å². The van der Waals surface area contributed by atoms with E-state index in [-0.39, 0.29) is 0 Å². The number of fused-ring (bicyclic) bond motifs is 2. The molecule has 0 radical (unpaired) electrons. The topological polar surface area (TPSA) is 6.48 Å². The van der Waals surface area contributed by atoms with E-state index in [0.29, 0.717) is 11.8 Å². The second-order valence-corrected chi connectivity index (χ2v) is 15.8. The quantitative estimate of drug-likeness (QED) is 0.144. The first kappa shape index (κ1) is 33.9. The predicted molar refractivity (Wildman–Crippen MR) is 243 cm³/mol. The fraction of sp³-hybridized carbons (Fsp3) is 0.111. The van der Waals surface area contributed by atoms with E-state index in [1.807, 2.05) is 0 Å². The van der Waals surface area contributed by atoms with Gasteiger partial charge in [0.1, 0.15) is 0 Å². The molecule has 0 aromatic heterocycles. The van der Waals surface area contributed by atoms with Crippen LogP contribution < -0.4 is 9.80 Å². The van der Waals surface area contributed by atoms with Gasteiger partial charge in [0, 0.05) is 32.9 Å². The van der Waals surface area contributed by atoms with E-state index in [1.54, 1.807) is 0 Å². The van der Waals surface area contributed by atoms with Crippen LogP contribution in [0.4, 0.5) is 34.1 Å². The summed E-state index contributed by atoms with van der Waals surface area (Å²) in [6.07, 6.45) is 0. The molecule has 10 aromatic carbocycles. The van der Waals surface area contributed by atoms with Crippen molar-refractivity contribution in [3.8, 4) is 0 Å². The first-order valence-corrected chi connectivity index (χ1v) is 19.9. The number of anilines is 6. The molecular formula is C54H44N2. The molecule has 56 heavy (non-hydrogen) atoms. The summed E-state index contributed by atoms with van der Waals surface area (Å²) in [6.45, 7) is 9.03. The molecule has 0 saturated carbocycles. The van der Waals surface area contributed by atoms with Gasteiger partial charge in [-0.3, -0.25) is 0 Å². The Morgan fingerprint density at radius 3 is 1.05 bits per heavy atom. The fourth-order valence-electron chi connectivity index (χ4n) is 8.80. The molecule has 0 amide bonds. The van der Waals surface area contributed by atoms with Crippen molar-refractivity contribution in [1.29, 1.82) is 0 Å². The van der Waals surface area contributed by atoms with Crippen LogP contribution >= 0.6 is 0 Å². The molecule has 0 N–H and O–H groups in total. The third-order valence-corrected chi connectivity index (χ3v) is 11.8. The second-order valence-electron chi connectivity index (χ2n) is 15.8. The summed E-state index contributed by atoms with van der Waals surface area (Å²) >= 11 is 0. The summed E-state index contributed by atoms with van der Waals surface area (Å²) in [5.41, 5.74) is 9.64. The Balaban J connectivity index is 1.24. The lowest BCUT2D eigenvalue weighted by molar-refractivity contribution is 0.866. The molecule has 0 aliphatic heterocycles. The number of rotatable bonds is 8. The highest BCUT2D eigenvalue weighted by Gasteiger charge is 2.23. The van der Waals surface area contributed by atoms with Crippen LogP contribution in [0.1, 0.15) is 50.7 Å². The van der Waals surface area contributed by atoms with Crippen LogP contribution in [0.2, 0.25) is 0 Å². The van der Waals surface area contributed by atoms with E-state index >= 15 is 0 Å². The largest absolute Gasteiger partial charge is 0.309 e. The van der Waals surface area contributed by atoms with Crippen LogP contribution in [0.25, 0.3) is 53.9 Å². The van der Waals surface area contributed by atoms with Crippen LogP contribution in [-0.4, -0.2) is 0 Å². The summed E-state index contributed by atoms with van der Waals surface area (Å²) < 4.78 is 0. The molecule has 0 bridgehead atoms. The van der Waals surface area contributed by atoms with Gasteiger partial charge in [0.25, 0.3) is 0 Å². The zero-order chi connectivity index (χ0) is 37.9. The highest BCUT2D eigenvalue weighted by molar-refractivity contribution is 6.28. The van der Waals surface area contributed by atoms with Gasteiger partial charge in [-0.15, -0.1) is 0 Å². The Hall–Kier alpha value is -6.64. The molecular weight excluding hydrogens is 677 g/mol. The molecule has 10 rings (SSSR count). The van der Waals surface area contributed by atoms with Gasteiger partial charge in [-0.1, -0.05) is 161 Å². The monoisotopic (exact) mass is 720 g/mol. The number of hydrogen-bond acceptors (Lipinski definition) is 2. The standard InChI is InChI=1S/C54H44N2/c1-35(2)37-19-27-43(28-20-37)55(49-17-9-13-39-11-5-7-15-45(39)49)51-33-25-41-24-32-48-52(34-26-42-23-31-47(51)53(41)54(42)48)56(44-29-21-38(22-30-44)36(3)4)50-18-10-14-40-12-6-8-16-46(40)50/h5-36H,1-4H3. The first-order valence-electron chi connectivity index (χ1n) is 19.9. The van der Waals surface area contributed by atoms with Crippen molar-refractivity contribution in [2.24, 2.45) is 0 Å². The second kappa shape index (κ2) is 13.6. The van der Waals surface area contributed by atoms with Gasteiger partial charge in [-0.2, -0.15) is 0 Å². The van der Waals surface area contributed by atoms with Gasteiger partial charge in [0.2, 0.25) is 0 Å². The summed E-state index contributed by atoms with van der Waals surface area (Å²) in [5.74, 6) is 0.917. The Bertz CT molecular complexity index is 2810. The molecule has 10 aromatic rings. The Morgan fingerprint density at radius 2 is 0.643 bits per heavy atom. The summed E-state index contributed by atoms with van der Waals surface area (Å²) in [5, 5.41) is 12.4. The van der Waals surface area contributed by atoms with Gasteiger partial charge < -0.3 is 9.80 Å². The van der Waals surface area contributed by atoms with E-state index < -0.39 is 0 Å². The number of hydrogen-bond donors (Lipinski definition) is 0. The maximum absolute atomic E-state index is 2.47. The SMILES string of the molecule is CC(C)c1ccc(N(c2cccc3ccccc23)c2ccc3ccc4c(N(c5ccc(C(C)C)cc5)c5cccc6ccccc56)ccc5ccc2c3c54)cc1. The Labute approximate surface area is 329 Å². The fourth-order valence-corrected chi connectivity index (χ4v) is 8.80. The maximum atomic E-state index is 2.47. The van der Waals surface area contributed by atoms with Crippen molar-refractivity contribution in [1.82, 2.24) is 0 Å². The zero-order valence-electron chi connectivity index (χ0n) is 32.4. The molecule has 0 spiro atoms. The van der Waals surface area contributed by atoms with E-state index in [1.165, 1.54) is 87.7 Å². The zero-order valence-corrected chi connectivity index (χ0v) is 32.4. The van der Waals surface area contributed by atoms with Gasteiger partial charge >= 0.3 is 0 Å². The minimum Gasteiger partial charge on any atom is -0.309 e. The Morgan fingerprint density at radius 1 is 0.286 bits per heavy atom. The summed E-state index contributed by atoms with van der Waals surface area (Å²) in [7, 11) is 0. The minimum atomic E-state index is 0.459. The Kier molecular flexibility index (Phi) is 8.22. The van der Waals surface area contributed by atoms with Crippen LogP contribution in [0.15, 0.2) is 182 Å².